The van der Waals surface area contributed by atoms with Gasteiger partial charge in [-0.3, -0.25) is 14.5 Å². The van der Waals surface area contributed by atoms with Gasteiger partial charge in [0, 0.05) is 17.2 Å². The second-order valence-corrected chi connectivity index (χ2v) is 9.52. The minimum absolute atomic E-state index is 0.0717. The third-order valence-corrected chi connectivity index (χ3v) is 6.10. The Morgan fingerprint density at radius 1 is 0.972 bits per heavy atom. The average Bonchev–Trinajstić information content (AvgIpc) is 3.10. The Morgan fingerprint density at radius 2 is 1.64 bits per heavy atom. The van der Waals surface area contributed by atoms with E-state index in [2.05, 4.69) is 0 Å². The topological polar surface area (TPSA) is 87.1 Å². The van der Waals surface area contributed by atoms with Gasteiger partial charge in [-0.1, -0.05) is 32.9 Å². The van der Waals surface area contributed by atoms with Crippen molar-refractivity contribution in [3.8, 4) is 11.5 Å². The lowest BCUT2D eigenvalue weighted by molar-refractivity contribution is -0.132. The molecule has 0 bridgehead atoms. The molecule has 1 aliphatic heterocycles. The summed E-state index contributed by atoms with van der Waals surface area (Å²) < 4.78 is 34.3. The van der Waals surface area contributed by atoms with Crippen molar-refractivity contribution >= 4 is 23.1 Å². The van der Waals surface area contributed by atoms with E-state index in [4.69, 9.17) is 4.74 Å². The van der Waals surface area contributed by atoms with E-state index in [-0.39, 0.29) is 22.3 Å². The van der Waals surface area contributed by atoms with E-state index in [0.717, 1.165) is 28.7 Å². The molecule has 1 amide bonds. The van der Waals surface area contributed by atoms with Gasteiger partial charge in [0.2, 0.25) is 0 Å². The van der Waals surface area contributed by atoms with Gasteiger partial charge in [-0.25, -0.2) is 8.78 Å². The molecule has 1 aliphatic rings. The molecule has 0 saturated carbocycles. The van der Waals surface area contributed by atoms with Crippen LogP contribution in [0.15, 0.2) is 66.2 Å². The number of halogens is 2. The number of hydrogen-bond donors (Lipinski definition) is 2. The second-order valence-electron chi connectivity index (χ2n) is 9.52. The molecule has 4 rings (SSSR count). The van der Waals surface area contributed by atoms with Crippen LogP contribution < -0.4 is 9.64 Å². The zero-order chi connectivity index (χ0) is 26.4. The van der Waals surface area contributed by atoms with Crippen molar-refractivity contribution in [2.75, 3.05) is 12.0 Å². The molecule has 1 fully saturated rings. The highest BCUT2D eigenvalue weighted by atomic mass is 19.1. The van der Waals surface area contributed by atoms with E-state index < -0.39 is 40.8 Å². The summed E-state index contributed by atoms with van der Waals surface area (Å²) in [7, 11) is 1.52. The minimum Gasteiger partial charge on any atom is -0.508 e. The minimum atomic E-state index is -1.28. The van der Waals surface area contributed by atoms with Crippen LogP contribution >= 0.6 is 0 Å². The first kappa shape index (κ1) is 24.9. The highest BCUT2D eigenvalue weighted by Crippen LogP contribution is 2.44. The largest absolute Gasteiger partial charge is 0.508 e. The Morgan fingerprint density at radius 3 is 2.25 bits per heavy atom. The normalized spacial score (nSPS) is 17.5. The molecule has 6 nitrogen and oxygen atoms in total. The van der Waals surface area contributed by atoms with E-state index in [1.54, 1.807) is 18.2 Å². The number of nitrogens with zero attached hydrogens (tertiary/aromatic N) is 1. The monoisotopic (exact) mass is 493 g/mol. The highest BCUT2D eigenvalue weighted by Gasteiger charge is 2.48. The van der Waals surface area contributed by atoms with E-state index in [1.165, 1.54) is 31.4 Å². The lowest BCUT2D eigenvalue weighted by atomic mass is 9.84. The van der Waals surface area contributed by atoms with Crippen LogP contribution in [0.3, 0.4) is 0 Å². The number of carbonyl (C=O) groups is 2. The predicted molar refractivity (Wildman–Crippen MR) is 131 cm³/mol. The Kier molecular flexibility index (Phi) is 6.30. The molecule has 1 saturated heterocycles. The maximum atomic E-state index is 14.8. The number of methoxy groups -OCH3 is 1. The lowest BCUT2D eigenvalue weighted by Gasteiger charge is -2.26. The second kappa shape index (κ2) is 9.11. The molecule has 1 atom stereocenters. The molecule has 2 N–H and O–H groups in total. The van der Waals surface area contributed by atoms with E-state index in [0.29, 0.717) is 11.3 Å². The predicted octanol–water partition coefficient (Wildman–Crippen LogP) is 5.60. The Balaban J connectivity index is 1.99. The molecule has 0 aromatic heterocycles. The summed E-state index contributed by atoms with van der Waals surface area (Å²) in [5, 5.41) is 21.1. The maximum absolute atomic E-state index is 14.8. The van der Waals surface area contributed by atoms with E-state index >= 15 is 0 Å². The van der Waals surface area contributed by atoms with Crippen LogP contribution in [0.25, 0.3) is 5.76 Å². The molecule has 36 heavy (non-hydrogen) atoms. The standard InChI is InChI=1S/C28H25F2NO5/c1-28(2,3)19-13-16(7-12-22(19)36-4)25(33)23-24(15-5-9-18(32)10-6-15)31(27(35)26(23)34)21-14-17(29)8-11-20(21)30/h5-14,24,32-33H,1-4H3/b25-23-. The highest BCUT2D eigenvalue weighted by molar-refractivity contribution is 6.51. The summed E-state index contributed by atoms with van der Waals surface area (Å²) in [6, 6.07) is 11.7. The number of anilines is 1. The van der Waals surface area contributed by atoms with Gasteiger partial charge in [0.1, 0.15) is 28.9 Å². The van der Waals surface area contributed by atoms with Gasteiger partial charge in [0.25, 0.3) is 11.7 Å². The summed E-state index contributed by atoms with van der Waals surface area (Å²) in [6.07, 6.45) is 0. The molecule has 1 unspecified atom stereocenters. The van der Waals surface area contributed by atoms with Crippen molar-refractivity contribution in [2.45, 2.75) is 32.2 Å². The van der Waals surface area contributed by atoms with Crippen LogP contribution in [0.4, 0.5) is 14.5 Å². The van der Waals surface area contributed by atoms with Crippen LogP contribution in [-0.2, 0) is 15.0 Å². The summed E-state index contributed by atoms with van der Waals surface area (Å²) in [4.78, 5) is 27.2. The van der Waals surface area contributed by atoms with Gasteiger partial charge >= 0.3 is 0 Å². The van der Waals surface area contributed by atoms with Crippen molar-refractivity contribution in [3.05, 3.63) is 94.6 Å². The van der Waals surface area contributed by atoms with Crippen molar-refractivity contribution in [2.24, 2.45) is 0 Å². The molecule has 0 aliphatic carbocycles. The van der Waals surface area contributed by atoms with Gasteiger partial charge in [-0.2, -0.15) is 0 Å². The van der Waals surface area contributed by atoms with Crippen LogP contribution in [0.2, 0.25) is 0 Å². The number of benzene rings is 3. The number of Topliss-reactive ketones (excluding diaryl/α,β-unsaturated/α-hetero) is 1. The zero-order valence-corrected chi connectivity index (χ0v) is 20.2. The SMILES string of the molecule is COc1ccc(/C(O)=C2/C(=O)C(=O)N(c3cc(F)ccc3F)C2c2ccc(O)cc2)cc1C(C)(C)C. The summed E-state index contributed by atoms with van der Waals surface area (Å²) in [5.74, 6) is -3.86. The van der Waals surface area contributed by atoms with Crippen molar-refractivity contribution in [3.63, 3.8) is 0 Å². The van der Waals surface area contributed by atoms with Crippen molar-refractivity contribution in [1.82, 2.24) is 0 Å². The number of aromatic hydroxyl groups is 1. The number of aliphatic hydroxyl groups is 1. The molecular weight excluding hydrogens is 468 g/mol. The van der Waals surface area contributed by atoms with E-state index in [1.807, 2.05) is 20.8 Å². The number of carbonyl (C=O) groups excluding carboxylic acids is 2. The van der Waals surface area contributed by atoms with Gasteiger partial charge in [0.15, 0.2) is 0 Å². The maximum Gasteiger partial charge on any atom is 0.300 e. The molecule has 3 aromatic carbocycles. The summed E-state index contributed by atoms with van der Waals surface area (Å²) >= 11 is 0. The van der Waals surface area contributed by atoms with Gasteiger partial charge in [-0.05, 0) is 53.4 Å². The Hall–Kier alpha value is -4.20. The van der Waals surface area contributed by atoms with Gasteiger partial charge < -0.3 is 14.9 Å². The van der Waals surface area contributed by atoms with Gasteiger partial charge in [0.05, 0.1) is 24.4 Å². The number of hydrogen-bond acceptors (Lipinski definition) is 5. The lowest BCUT2D eigenvalue weighted by Crippen LogP contribution is -2.30. The summed E-state index contributed by atoms with van der Waals surface area (Å²) in [6.45, 7) is 5.87. The smallest absolute Gasteiger partial charge is 0.300 e. The number of ketones is 1. The number of phenols is 1. The van der Waals surface area contributed by atoms with Crippen molar-refractivity contribution < 1.29 is 33.3 Å². The fraction of sp³-hybridized carbons (Fsp3) is 0.214. The van der Waals surface area contributed by atoms with Crippen molar-refractivity contribution in [1.29, 1.82) is 0 Å². The number of rotatable bonds is 4. The van der Waals surface area contributed by atoms with Crippen LogP contribution in [-0.4, -0.2) is 29.0 Å². The van der Waals surface area contributed by atoms with Crippen LogP contribution in [0, 0.1) is 11.6 Å². The number of amides is 1. The third-order valence-electron chi connectivity index (χ3n) is 6.10. The molecule has 8 heteroatoms. The molecule has 186 valence electrons. The quantitative estimate of drug-likeness (QED) is 0.281. The van der Waals surface area contributed by atoms with E-state index in [9.17, 15) is 28.6 Å². The molecule has 3 aromatic rings. The van der Waals surface area contributed by atoms with Crippen LogP contribution in [0.1, 0.15) is 43.5 Å². The first-order valence-electron chi connectivity index (χ1n) is 11.2. The zero-order valence-electron chi connectivity index (χ0n) is 20.2. The number of phenolic OH excluding ortho intramolecular Hbond substituents is 1. The molecule has 1 heterocycles. The number of aliphatic hydroxyl groups excluding tert-OH is 1. The first-order chi connectivity index (χ1) is 16.9. The Bertz CT molecular complexity index is 1390. The average molecular weight is 494 g/mol. The molecule has 0 spiro atoms. The molecule has 0 radical (unpaired) electrons. The number of ether oxygens (including phenoxy) is 1. The third kappa shape index (κ3) is 4.30. The Labute approximate surface area is 207 Å². The first-order valence-corrected chi connectivity index (χ1v) is 11.2. The van der Waals surface area contributed by atoms with Crippen LogP contribution in [0.5, 0.6) is 11.5 Å². The summed E-state index contributed by atoms with van der Waals surface area (Å²) in [5.41, 5.74) is 0.192. The van der Waals surface area contributed by atoms with Gasteiger partial charge in [-0.15, -0.1) is 0 Å². The molecular formula is C28H25F2NO5. The fourth-order valence-electron chi connectivity index (χ4n) is 4.32. The fourth-order valence-corrected chi connectivity index (χ4v) is 4.32.